The summed E-state index contributed by atoms with van der Waals surface area (Å²) >= 11 is 0. The molecule has 0 aliphatic carbocycles. The van der Waals surface area contributed by atoms with Crippen molar-refractivity contribution in [1.82, 2.24) is 19.7 Å². The maximum atomic E-state index is 13.0. The first-order valence-electron chi connectivity index (χ1n) is 11.9. The Labute approximate surface area is 212 Å². The quantitative estimate of drug-likeness (QED) is 0.516. The summed E-state index contributed by atoms with van der Waals surface area (Å²) in [6, 6.07) is 8.88. The zero-order valence-electron chi connectivity index (χ0n) is 20.5. The van der Waals surface area contributed by atoms with Gasteiger partial charge in [0.15, 0.2) is 0 Å². The number of amides is 2. The lowest BCUT2D eigenvalue weighted by Gasteiger charge is -2.28. The molecule has 2 amide bonds. The zero-order valence-corrected chi connectivity index (χ0v) is 20.5. The van der Waals surface area contributed by atoms with Crippen LogP contribution in [-0.4, -0.2) is 71.3 Å². The largest absolute Gasteiger partial charge is 0.414 e. The summed E-state index contributed by atoms with van der Waals surface area (Å²) in [6.07, 6.45) is 0.276. The highest BCUT2D eigenvalue weighted by atomic mass is 19.4. The molecule has 2 aliphatic heterocycles. The number of halogens is 3. The second-order valence-electron chi connectivity index (χ2n) is 9.17. The van der Waals surface area contributed by atoms with Crippen molar-refractivity contribution in [3.8, 4) is 22.4 Å². The number of pyridine rings is 1. The highest BCUT2D eigenvalue weighted by molar-refractivity contribution is 5.91. The van der Waals surface area contributed by atoms with Crippen LogP contribution in [0.1, 0.15) is 5.56 Å². The standard InChI is InChI=1S/C26H27F3N6O2/c1-17-3-4-21(31-25(36)35-6-5-20(16-35)26(27,28)29)13-22(17)18-11-23(19-14-30-33(2)15-19)32-24(12-18)34-7-9-37-10-8-34/h3-5,11-15H,6-10,16H2,1-2H3,(H,31,36). The number of aryl methyl sites for hydroxylation is 2. The summed E-state index contributed by atoms with van der Waals surface area (Å²) in [5.74, 6) is 0.816. The Kier molecular flexibility index (Phi) is 6.63. The zero-order chi connectivity index (χ0) is 26.2. The molecule has 8 nitrogen and oxygen atoms in total. The smallest absolute Gasteiger partial charge is 0.378 e. The number of anilines is 2. The molecule has 0 unspecified atom stereocenters. The van der Waals surface area contributed by atoms with E-state index in [9.17, 15) is 18.0 Å². The minimum absolute atomic E-state index is 0.0822. The van der Waals surface area contributed by atoms with Crippen LogP contribution < -0.4 is 10.2 Å². The van der Waals surface area contributed by atoms with E-state index in [0.717, 1.165) is 57.8 Å². The van der Waals surface area contributed by atoms with Crippen molar-refractivity contribution >= 4 is 17.5 Å². The third-order valence-corrected chi connectivity index (χ3v) is 6.52. The van der Waals surface area contributed by atoms with Gasteiger partial charge in [0, 0.05) is 44.1 Å². The van der Waals surface area contributed by atoms with Gasteiger partial charge in [-0.2, -0.15) is 18.3 Å². The lowest BCUT2D eigenvalue weighted by molar-refractivity contribution is -0.0929. The molecule has 3 aromatic rings. The van der Waals surface area contributed by atoms with E-state index in [4.69, 9.17) is 9.72 Å². The molecular weight excluding hydrogens is 485 g/mol. The fourth-order valence-electron chi connectivity index (χ4n) is 4.46. The predicted molar refractivity (Wildman–Crippen MR) is 134 cm³/mol. The van der Waals surface area contributed by atoms with Crippen molar-refractivity contribution in [2.24, 2.45) is 7.05 Å². The summed E-state index contributed by atoms with van der Waals surface area (Å²) in [5.41, 5.74) is 4.21. The lowest BCUT2D eigenvalue weighted by Crippen LogP contribution is -2.36. The first-order valence-corrected chi connectivity index (χ1v) is 11.9. The average Bonchev–Trinajstić information content (AvgIpc) is 3.55. The molecule has 0 atom stereocenters. The van der Waals surface area contributed by atoms with Crippen molar-refractivity contribution in [2.45, 2.75) is 13.1 Å². The van der Waals surface area contributed by atoms with Gasteiger partial charge >= 0.3 is 12.2 Å². The van der Waals surface area contributed by atoms with E-state index in [0.29, 0.717) is 18.9 Å². The summed E-state index contributed by atoms with van der Waals surface area (Å²) in [7, 11) is 1.85. The number of aromatic nitrogens is 3. The average molecular weight is 513 g/mol. The number of rotatable bonds is 4. The molecule has 2 aromatic heterocycles. The van der Waals surface area contributed by atoms with Gasteiger partial charge in [-0.3, -0.25) is 4.68 Å². The van der Waals surface area contributed by atoms with Crippen molar-refractivity contribution in [2.75, 3.05) is 49.6 Å². The highest BCUT2D eigenvalue weighted by Gasteiger charge is 2.38. The highest BCUT2D eigenvalue weighted by Crippen LogP contribution is 2.33. The van der Waals surface area contributed by atoms with Crippen molar-refractivity contribution in [3.63, 3.8) is 0 Å². The van der Waals surface area contributed by atoms with Crippen molar-refractivity contribution in [1.29, 1.82) is 0 Å². The van der Waals surface area contributed by atoms with Crippen LogP contribution in [0.15, 0.2) is 54.4 Å². The van der Waals surface area contributed by atoms with E-state index in [1.807, 2.05) is 44.4 Å². The van der Waals surface area contributed by atoms with E-state index in [-0.39, 0.29) is 6.54 Å². The molecule has 37 heavy (non-hydrogen) atoms. The normalized spacial score (nSPS) is 16.2. The maximum Gasteiger partial charge on any atom is 0.414 e. The number of ether oxygens (including phenoxy) is 1. The maximum absolute atomic E-state index is 13.0. The van der Waals surface area contributed by atoms with E-state index in [1.165, 1.54) is 0 Å². The number of nitrogens with one attached hydrogen (secondary N) is 1. The Bertz CT molecular complexity index is 1340. The molecular formula is C26H27F3N6O2. The number of alkyl halides is 3. The number of hydrogen-bond donors (Lipinski definition) is 1. The van der Waals surface area contributed by atoms with Crippen LogP contribution in [0, 0.1) is 6.92 Å². The summed E-state index contributed by atoms with van der Waals surface area (Å²) in [5, 5.41) is 7.03. The number of urea groups is 1. The van der Waals surface area contributed by atoms with Crippen molar-refractivity contribution < 1.29 is 22.7 Å². The van der Waals surface area contributed by atoms with Crippen molar-refractivity contribution in [3.05, 3.63) is 59.9 Å². The topological polar surface area (TPSA) is 75.5 Å². The van der Waals surface area contributed by atoms with E-state index in [1.54, 1.807) is 16.9 Å². The minimum Gasteiger partial charge on any atom is -0.378 e. The molecule has 2 aliphatic rings. The number of nitrogens with zero attached hydrogens (tertiary/aromatic N) is 5. The first kappa shape index (κ1) is 24.8. The molecule has 0 saturated carbocycles. The van der Waals surface area contributed by atoms with Gasteiger partial charge in [-0.15, -0.1) is 0 Å². The lowest BCUT2D eigenvalue weighted by atomic mass is 9.98. The third kappa shape index (κ3) is 5.46. The summed E-state index contributed by atoms with van der Waals surface area (Å²) in [6.45, 7) is 4.12. The van der Waals surface area contributed by atoms with E-state index in [2.05, 4.69) is 15.3 Å². The molecule has 11 heteroatoms. The van der Waals surface area contributed by atoms with E-state index >= 15 is 0 Å². The first-order chi connectivity index (χ1) is 17.7. The Morgan fingerprint density at radius 2 is 1.89 bits per heavy atom. The SMILES string of the molecule is Cc1ccc(NC(=O)N2CC=C(C(F)(F)F)C2)cc1-c1cc(-c2cnn(C)c2)nc(N2CCOCC2)c1. The van der Waals surface area contributed by atoms with Crippen LogP contribution in [0.2, 0.25) is 0 Å². The van der Waals surface area contributed by atoms with Crippen LogP contribution in [0.5, 0.6) is 0 Å². The molecule has 0 spiro atoms. The molecule has 194 valence electrons. The molecule has 4 heterocycles. The fraction of sp³-hybridized carbons (Fsp3) is 0.346. The van der Waals surface area contributed by atoms with Gasteiger partial charge in [-0.25, -0.2) is 9.78 Å². The number of benzene rings is 1. The number of morpholine rings is 1. The second kappa shape index (κ2) is 9.89. The Balaban J connectivity index is 1.44. The predicted octanol–water partition coefficient (Wildman–Crippen LogP) is 4.63. The fourth-order valence-corrected chi connectivity index (χ4v) is 4.46. The monoisotopic (exact) mass is 512 g/mol. The molecule has 1 N–H and O–H groups in total. The second-order valence-corrected chi connectivity index (χ2v) is 9.17. The Hall–Kier alpha value is -3.86. The van der Waals surface area contributed by atoms with Gasteiger partial charge < -0.3 is 19.9 Å². The summed E-state index contributed by atoms with van der Waals surface area (Å²) in [4.78, 5) is 20.9. The Morgan fingerprint density at radius 1 is 1.11 bits per heavy atom. The van der Waals surface area contributed by atoms with Crippen LogP contribution in [0.4, 0.5) is 29.5 Å². The van der Waals surface area contributed by atoms with Gasteiger partial charge in [-0.1, -0.05) is 12.1 Å². The van der Waals surface area contributed by atoms with E-state index < -0.39 is 24.3 Å². The van der Waals surface area contributed by atoms with Crippen LogP contribution in [0.25, 0.3) is 22.4 Å². The summed E-state index contributed by atoms with van der Waals surface area (Å²) < 4.78 is 46.2. The van der Waals surface area contributed by atoms with Crippen LogP contribution >= 0.6 is 0 Å². The number of carbonyl (C=O) groups is 1. The van der Waals surface area contributed by atoms with Crippen LogP contribution in [0.3, 0.4) is 0 Å². The van der Waals surface area contributed by atoms with Gasteiger partial charge in [0.1, 0.15) is 5.82 Å². The van der Waals surface area contributed by atoms with Gasteiger partial charge in [0.2, 0.25) is 0 Å². The molecule has 1 saturated heterocycles. The number of carbonyl (C=O) groups excluding carboxylic acids is 1. The Morgan fingerprint density at radius 3 is 2.57 bits per heavy atom. The molecule has 1 fully saturated rings. The minimum atomic E-state index is -4.43. The van der Waals surface area contributed by atoms with Gasteiger partial charge in [-0.05, 0) is 47.9 Å². The van der Waals surface area contributed by atoms with Gasteiger partial charge in [0.05, 0.1) is 37.2 Å². The number of hydrogen-bond acceptors (Lipinski definition) is 5. The molecule has 1 aromatic carbocycles. The molecule has 0 radical (unpaired) electrons. The van der Waals surface area contributed by atoms with Gasteiger partial charge in [0.25, 0.3) is 0 Å². The molecule has 0 bridgehead atoms. The van der Waals surface area contributed by atoms with Crippen LogP contribution in [-0.2, 0) is 11.8 Å². The molecule has 5 rings (SSSR count). The third-order valence-electron chi connectivity index (χ3n) is 6.52.